The monoisotopic (exact) mass is 238 g/mol. The lowest BCUT2D eigenvalue weighted by molar-refractivity contribution is 0.0207. The Morgan fingerprint density at radius 3 is 2.87 bits per heavy atom. The predicted octanol–water partition coefficient (Wildman–Crippen LogP) is 1.74. The summed E-state index contributed by atoms with van der Waals surface area (Å²) < 4.78 is 28.1. The maximum Gasteiger partial charge on any atom is 0.261 e. The zero-order chi connectivity index (χ0) is 11.3. The molecule has 1 aliphatic rings. The van der Waals surface area contributed by atoms with Crippen molar-refractivity contribution >= 4 is 16.9 Å². The maximum atomic E-state index is 11.7. The van der Waals surface area contributed by atoms with Gasteiger partial charge in [-0.3, -0.25) is 4.99 Å². The lowest BCUT2D eigenvalue weighted by atomic mass is 10.1. The third-order valence-corrected chi connectivity index (χ3v) is 3.12. The second kappa shape index (κ2) is 5.65. The molecule has 0 atom stereocenters. The fourth-order valence-electron chi connectivity index (χ4n) is 1.08. The van der Waals surface area contributed by atoms with Crippen LogP contribution in [0.15, 0.2) is 4.99 Å². The highest BCUT2D eigenvalue weighted by atomic mass is 32.2. The lowest BCUT2D eigenvalue weighted by Crippen LogP contribution is -2.37. The number of hydrogen-bond donors (Lipinski definition) is 1. The Bertz CT molecular complexity index is 234. The number of aliphatic imine (C=N–C) groups is 1. The normalized spacial score (nSPS) is 22.3. The van der Waals surface area contributed by atoms with Gasteiger partial charge in [-0.05, 0) is 13.8 Å². The van der Waals surface area contributed by atoms with Crippen LogP contribution < -0.4 is 5.32 Å². The van der Waals surface area contributed by atoms with E-state index in [0.717, 1.165) is 10.9 Å². The van der Waals surface area contributed by atoms with Gasteiger partial charge in [0.1, 0.15) is 6.61 Å². The van der Waals surface area contributed by atoms with Crippen LogP contribution in [0, 0.1) is 0 Å². The number of thioether (sulfide) groups is 1. The molecule has 0 spiro atoms. The van der Waals surface area contributed by atoms with Gasteiger partial charge in [0.15, 0.2) is 5.17 Å². The maximum absolute atomic E-state index is 11.7. The van der Waals surface area contributed by atoms with E-state index < -0.39 is 13.0 Å². The molecule has 0 aliphatic carbocycles. The summed E-state index contributed by atoms with van der Waals surface area (Å²) in [7, 11) is 0. The van der Waals surface area contributed by atoms with Crippen LogP contribution in [0.25, 0.3) is 0 Å². The van der Waals surface area contributed by atoms with Gasteiger partial charge in [0.2, 0.25) is 0 Å². The second-order valence-electron chi connectivity index (χ2n) is 3.95. The lowest BCUT2D eigenvalue weighted by Gasteiger charge is -2.15. The quantitative estimate of drug-likeness (QED) is 0.741. The number of alkyl halides is 2. The third kappa shape index (κ3) is 5.32. The Balaban J connectivity index is 2.12. The van der Waals surface area contributed by atoms with Crippen molar-refractivity contribution < 1.29 is 13.5 Å². The van der Waals surface area contributed by atoms with Gasteiger partial charge in [-0.15, -0.1) is 0 Å². The predicted molar refractivity (Wildman–Crippen MR) is 58.8 cm³/mol. The summed E-state index contributed by atoms with van der Waals surface area (Å²) >= 11 is 1.65. The van der Waals surface area contributed by atoms with E-state index in [-0.39, 0.29) is 12.1 Å². The van der Waals surface area contributed by atoms with Gasteiger partial charge in [0, 0.05) is 11.3 Å². The van der Waals surface area contributed by atoms with Crippen molar-refractivity contribution in [2.24, 2.45) is 4.99 Å². The number of nitrogens with zero attached hydrogens (tertiary/aromatic N) is 1. The van der Waals surface area contributed by atoms with Crippen LogP contribution in [0.3, 0.4) is 0 Å². The molecule has 1 fully saturated rings. The van der Waals surface area contributed by atoms with E-state index in [0.29, 0.717) is 6.54 Å². The molecule has 1 saturated heterocycles. The van der Waals surface area contributed by atoms with Crippen LogP contribution in [0.4, 0.5) is 8.78 Å². The van der Waals surface area contributed by atoms with Crippen LogP contribution in [-0.2, 0) is 4.74 Å². The minimum absolute atomic E-state index is 0.0767. The van der Waals surface area contributed by atoms with Crippen LogP contribution in [0.1, 0.15) is 13.8 Å². The summed E-state index contributed by atoms with van der Waals surface area (Å²) in [4.78, 5) is 4.21. The summed E-state index contributed by atoms with van der Waals surface area (Å²) in [5.74, 6) is 0.976. The van der Waals surface area contributed by atoms with E-state index >= 15 is 0 Å². The molecule has 15 heavy (non-hydrogen) atoms. The second-order valence-corrected chi connectivity index (χ2v) is 4.91. The summed E-state index contributed by atoms with van der Waals surface area (Å²) in [6, 6.07) is 0. The third-order valence-electron chi connectivity index (χ3n) is 1.75. The van der Waals surface area contributed by atoms with Gasteiger partial charge in [-0.1, -0.05) is 11.8 Å². The van der Waals surface area contributed by atoms with E-state index in [1.165, 1.54) is 0 Å². The molecule has 0 aromatic rings. The Kier molecular flexibility index (Phi) is 4.79. The van der Waals surface area contributed by atoms with E-state index in [1.54, 1.807) is 11.8 Å². The van der Waals surface area contributed by atoms with Gasteiger partial charge in [-0.2, -0.15) is 0 Å². The Morgan fingerprint density at radius 2 is 2.33 bits per heavy atom. The summed E-state index contributed by atoms with van der Waals surface area (Å²) in [6.45, 7) is 4.36. The molecule has 0 saturated carbocycles. The average molecular weight is 238 g/mol. The first-order chi connectivity index (χ1) is 6.99. The van der Waals surface area contributed by atoms with Crippen LogP contribution in [0.5, 0.6) is 0 Å². The van der Waals surface area contributed by atoms with Crippen molar-refractivity contribution in [3.63, 3.8) is 0 Å². The minimum Gasteiger partial charge on any atom is -0.374 e. The van der Waals surface area contributed by atoms with Gasteiger partial charge in [0.25, 0.3) is 6.43 Å². The molecule has 1 heterocycles. The van der Waals surface area contributed by atoms with Crippen molar-refractivity contribution in [3.05, 3.63) is 0 Å². The van der Waals surface area contributed by atoms with E-state index in [2.05, 4.69) is 24.2 Å². The minimum atomic E-state index is -2.39. The average Bonchev–Trinajstić information content (AvgIpc) is 2.44. The zero-order valence-electron chi connectivity index (χ0n) is 8.93. The van der Waals surface area contributed by atoms with E-state index in [9.17, 15) is 8.78 Å². The number of hydrogen-bond acceptors (Lipinski definition) is 3. The summed E-state index contributed by atoms with van der Waals surface area (Å²) in [6.07, 6.45) is -2.39. The molecule has 6 heteroatoms. The molecular formula is C9H16F2N2OS. The SMILES string of the molecule is CC1(C)CSC(=NCCOCC(F)F)N1. The first-order valence-electron chi connectivity index (χ1n) is 4.81. The molecule has 0 radical (unpaired) electrons. The fourth-order valence-corrected chi connectivity index (χ4v) is 2.18. The molecule has 1 aliphatic heterocycles. The van der Waals surface area contributed by atoms with Gasteiger partial charge in [-0.25, -0.2) is 8.78 Å². The Morgan fingerprint density at radius 1 is 1.60 bits per heavy atom. The smallest absolute Gasteiger partial charge is 0.261 e. The molecule has 0 amide bonds. The number of amidine groups is 1. The van der Waals surface area contributed by atoms with Crippen molar-refractivity contribution in [2.75, 3.05) is 25.5 Å². The Hall–Kier alpha value is -0.360. The van der Waals surface area contributed by atoms with Crippen LogP contribution in [-0.4, -0.2) is 42.6 Å². The fraction of sp³-hybridized carbons (Fsp3) is 0.889. The standard InChI is InChI=1S/C9H16F2N2OS/c1-9(2)6-15-8(13-9)12-3-4-14-5-7(10)11/h7H,3-6H2,1-2H3,(H,12,13). The van der Waals surface area contributed by atoms with Crippen molar-refractivity contribution in [1.82, 2.24) is 5.32 Å². The van der Waals surface area contributed by atoms with Gasteiger partial charge < -0.3 is 10.1 Å². The molecular weight excluding hydrogens is 222 g/mol. The summed E-state index contributed by atoms with van der Waals surface area (Å²) in [5.41, 5.74) is 0.0767. The van der Waals surface area contributed by atoms with Crippen molar-refractivity contribution in [2.45, 2.75) is 25.8 Å². The van der Waals surface area contributed by atoms with E-state index in [1.807, 2.05) is 0 Å². The van der Waals surface area contributed by atoms with Crippen molar-refractivity contribution in [1.29, 1.82) is 0 Å². The van der Waals surface area contributed by atoms with Crippen LogP contribution >= 0.6 is 11.8 Å². The van der Waals surface area contributed by atoms with Gasteiger partial charge in [0.05, 0.1) is 13.2 Å². The molecule has 88 valence electrons. The first-order valence-corrected chi connectivity index (χ1v) is 5.79. The zero-order valence-corrected chi connectivity index (χ0v) is 9.74. The molecule has 0 aromatic heterocycles. The largest absolute Gasteiger partial charge is 0.374 e. The van der Waals surface area contributed by atoms with Gasteiger partial charge >= 0.3 is 0 Å². The summed E-state index contributed by atoms with van der Waals surface area (Å²) in [5, 5.41) is 4.11. The number of rotatable bonds is 5. The molecule has 1 N–H and O–H groups in total. The molecule has 0 unspecified atom stereocenters. The van der Waals surface area contributed by atoms with Crippen molar-refractivity contribution in [3.8, 4) is 0 Å². The van der Waals surface area contributed by atoms with Crippen LogP contribution in [0.2, 0.25) is 0 Å². The highest BCUT2D eigenvalue weighted by Crippen LogP contribution is 2.21. The Labute approximate surface area is 92.7 Å². The number of halogens is 2. The first kappa shape index (κ1) is 12.7. The molecule has 0 aromatic carbocycles. The topological polar surface area (TPSA) is 33.6 Å². The van der Waals surface area contributed by atoms with E-state index in [4.69, 9.17) is 4.74 Å². The number of ether oxygens (including phenoxy) is 1. The molecule has 3 nitrogen and oxygen atoms in total. The molecule has 1 rings (SSSR count). The number of nitrogens with one attached hydrogen (secondary N) is 1. The highest BCUT2D eigenvalue weighted by Gasteiger charge is 2.26. The molecule has 0 bridgehead atoms. The highest BCUT2D eigenvalue weighted by molar-refractivity contribution is 8.14.